The molecule has 2 aromatic carbocycles. The molecule has 0 spiro atoms. The van der Waals surface area contributed by atoms with Crippen LogP contribution in [0, 0.1) is 0 Å². The van der Waals surface area contributed by atoms with E-state index in [-0.39, 0.29) is 18.3 Å². The first kappa shape index (κ1) is 24.1. The Balaban J connectivity index is 1.55. The smallest absolute Gasteiger partial charge is 0.338 e. The van der Waals surface area contributed by atoms with Crippen LogP contribution >= 0.6 is 11.3 Å². The molecule has 1 heterocycles. The number of amides is 1. The summed E-state index contributed by atoms with van der Waals surface area (Å²) in [6.07, 6.45) is 1.92. The molecule has 174 valence electrons. The van der Waals surface area contributed by atoms with Gasteiger partial charge in [0, 0.05) is 17.1 Å². The number of hydrogen-bond acceptors (Lipinski definition) is 8. The molecule has 0 fully saturated rings. The number of unbranched alkanes of at least 4 members (excludes halogenated alkanes) is 1. The molecule has 0 aliphatic rings. The Bertz CT molecular complexity index is 1080. The largest absolute Gasteiger partial charge is 0.497 e. The fourth-order valence-corrected chi connectivity index (χ4v) is 3.65. The molecule has 0 unspecified atom stereocenters. The van der Waals surface area contributed by atoms with Crippen molar-refractivity contribution in [3.63, 3.8) is 0 Å². The first-order valence-electron chi connectivity index (χ1n) is 10.5. The minimum absolute atomic E-state index is 0.119. The van der Waals surface area contributed by atoms with Crippen molar-refractivity contribution in [3.8, 4) is 11.5 Å². The average Bonchev–Trinajstić information content (AvgIpc) is 3.25. The molecule has 8 nitrogen and oxygen atoms in total. The number of aromatic nitrogens is 1. The van der Waals surface area contributed by atoms with Gasteiger partial charge in [-0.1, -0.05) is 13.3 Å². The minimum Gasteiger partial charge on any atom is -0.497 e. The summed E-state index contributed by atoms with van der Waals surface area (Å²) in [6.45, 7) is 2.44. The van der Waals surface area contributed by atoms with E-state index < -0.39 is 0 Å². The fourth-order valence-electron chi connectivity index (χ4n) is 2.92. The number of esters is 1. The Hall–Kier alpha value is -3.59. The van der Waals surface area contributed by atoms with Crippen LogP contribution in [-0.4, -0.2) is 37.7 Å². The molecule has 0 radical (unpaired) electrons. The standard InChI is InChI=1S/C24H27N3O5S/c1-4-5-12-32-23(29)16-6-8-17(9-7-16)25-22(28)13-18-15-33-24(26-18)27-20-14-19(30-2)10-11-21(20)31-3/h6-11,14-15H,4-5,12-13H2,1-3H3,(H,25,28)(H,26,27). The third kappa shape index (κ3) is 6.95. The van der Waals surface area contributed by atoms with E-state index in [2.05, 4.69) is 15.6 Å². The zero-order chi connectivity index (χ0) is 23.6. The van der Waals surface area contributed by atoms with E-state index in [4.69, 9.17) is 14.2 Å². The Morgan fingerprint density at radius 3 is 2.55 bits per heavy atom. The third-order valence-corrected chi connectivity index (χ3v) is 5.48. The Morgan fingerprint density at radius 1 is 1.06 bits per heavy atom. The van der Waals surface area contributed by atoms with Crippen molar-refractivity contribution in [2.75, 3.05) is 31.5 Å². The summed E-state index contributed by atoms with van der Waals surface area (Å²) in [5, 5.41) is 8.48. The molecule has 2 N–H and O–H groups in total. The van der Waals surface area contributed by atoms with Gasteiger partial charge in [-0.25, -0.2) is 9.78 Å². The maximum Gasteiger partial charge on any atom is 0.338 e. The van der Waals surface area contributed by atoms with Crippen LogP contribution in [0.25, 0.3) is 0 Å². The van der Waals surface area contributed by atoms with Gasteiger partial charge in [-0.2, -0.15) is 0 Å². The number of hydrogen-bond donors (Lipinski definition) is 2. The highest BCUT2D eigenvalue weighted by Crippen LogP contribution is 2.32. The molecule has 0 aliphatic carbocycles. The average molecular weight is 470 g/mol. The highest BCUT2D eigenvalue weighted by molar-refractivity contribution is 7.13. The van der Waals surface area contributed by atoms with Crippen LogP contribution in [-0.2, 0) is 16.0 Å². The van der Waals surface area contributed by atoms with E-state index in [9.17, 15) is 9.59 Å². The van der Waals surface area contributed by atoms with Crippen molar-refractivity contribution in [1.29, 1.82) is 0 Å². The molecule has 3 rings (SSSR count). The summed E-state index contributed by atoms with van der Waals surface area (Å²) in [4.78, 5) is 28.9. The lowest BCUT2D eigenvalue weighted by Gasteiger charge is -2.10. The summed E-state index contributed by atoms with van der Waals surface area (Å²) in [5.41, 5.74) is 2.40. The SMILES string of the molecule is CCCCOC(=O)c1ccc(NC(=O)Cc2csc(Nc3cc(OC)ccc3OC)n2)cc1. The number of benzene rings is 2. The highest BCUT2D eigenvalue weighted by atomic mass is 32.1. The van der Waals surface area contributed by atoms with Gasteiger partial charge in [-0.3, -0.25) is 4.79 Å². The summed E-state index contributed by atoms with van der Waals surface area (Å²) in [5.74, 6) is 0.776. The van der Waals surface area contributed by atoms with Gasteiger partial charge in [0.05, 0.1) is 44.2 Å². The molecule has 3 aromatic rings. The van der Waals surface area contributed by atoms with Gasteiger partial charge in [0.2, 0.25) is 5.91 Å². The number of carbonyl (C=O) groups excluding carboxylic acids is 2. The molecule has 0 saturated carbocycles. The molecule has 0 bridgehead atoms. The van der Waals surface area contributed by atoms with Crippen molar-refractivity contribution in [2.24, 2.45) is 0 Å². The lowest BCUT2D eigenvalue weighted by atomic mass is 10.2. The van der Waals surface area contributed by atoms with E-state index >= 15 is 0 Å². The quantitative estimate of drug-likeness (QED) is 0.300. The molecule has 0 atom stereocenters. The Morgan fingerprint density at radius 2 is 1.85 bits per heavy atom. The van der Waals surface area contributed by atoms with Crippen molar-refractivity contribution in [1.82, 2.24) is 4.98 Å². The van der Waals surface area contributed by atoms with Gasteiger partial charge in [0.25, 0.3) is 0 Å². The van der Waals surface area contributed by atoms with Crippen LogP contribution in [0.2, 0.25) is 0 Å². The van der Waals surface area contributed by atoms with Crippen LogP contribution in [0.3, 0.4) is 0 Å². The molecular formula is C24H27N3O5S. The molecule has 33 heavy (non-hydrogen) atoms. The van der Waals surface area contributed by atoms with Gasteiger partial charge in [-0.05, 0) is 42.8 Å². The molecule has 9 heteroatoms. The maximum absolute atomic E-state index is 12.4. The van der Waals surface area contributed by atoms with Gasteiger partial charge in [0.15, 0.2) is 5.13 Å². The van der Waals surface area contributed by atoms with Gasteiger partial charge in [0.1, 0.15) is 11.5 Å². The molecule has 1 aromatic heterocycles. The van der Waals surface area contributed by atoms with Crippen molar-refractivity contribution in [2.45, 2.75) is 26.2 Å². The zero-order valence-electron chi connectivity index (χ0n) is 18.8. The third-order valence-electron chi connectivity index (χ3n) is 4.68. The Labute approximate surface area is 196 Å². The summed E-state index contributed by atoms with van der Waals surface area (Å²) >= 11 is 1.39. The van der Waals surface area contributed by atoms with Crippen molar-refractivity contribution < 1.29 is 23.8 Å². The summed E-state index contributed by atoms with van der Waals surface area (Å²) in [7, 11) is 3.19. The van der Waals surface area contributed by atoms with Gasteiger partial charge < -0.3 is 24.8 Å². The fraction of sp³-hybridized carbons (Fsp3) is 0.292. The molecule has 0 saturated heterocycles. The number of rotatable bonds is 11. The van der Waals surface area contributed by atoms with E-state index in [0.717, 1.165) is 18.5 Å². The van der Waals surface area contributed by atoms with Crippen LogP contribution in [0.5, 0.6) is 11.5 Å². The number of anilines is 3. The zero-order valence-corrected chi connectivity index (χ0v) is 19.7. The molecule has 1 amide bonds. The van der Waals surface area contributed by atoms with Crippen LogP contribution in [0.15, 0.2) is 47.8 Å². The molecule has 0 aliphatic heterocycles. The van der Waals surface area contributed by atoms with E-state index in [1.165, 1.54) is 11.3 Å². The number of nitrogens with zero attached hydrogens (tertiary/aromatic N) is 1. The number of methoxy groups -OCH3 is 2. The Kier molecular flexibility index (Phi) is 8.65. The first-order chi connectivity index (χ1) is 16.0. The topological polar surface area (TPSA) is 98.8 Å². The van der Waals surface area contributed by atoms with Crippen molar-refractivity contribution in [3.05, 3.63) is 59.1 Å². The lowest BCUT2D eigenvalue weighted by molar-refractivity contribution is -0.115. The van der Waals surface area contributed by atoms with E-state index in [1.54, 1.807) is 44.6 Å². The monoisotopic (exact) mass is 469 g/mol. The number of carbonyl (C=O) groups is 2. The number of ether oxygens (including phenoxy) is 3. The maximum atomic E-state index is 12.4. The first-order valence-corrected chi connectivity index (χ1v) is 11.4. The highest BCUT2D eigenvalue weighted by Gasteiger charge is 2.12. The number of thiazole rings is 1. The second-order valence-corrected chi connectivity index (χ2v) is 7.99. The predicted octanol–water partition coefficient (Wildman–Crippen LogP) is 5.04. The summed E-state index contributed by atoms with van der Waals surface area (Å²) < 4.78 is 15.8. The predicted molar refractivity (Wildman–Crippen MR) is 129 cm³/mol. The second-order valence-electron chi connectivity index (χ2n) is 7.13. The van der Waals surface area contributed by atoms with Gasteiger partial charge in [-0.15, -0.1) is 11.3 Å². The lowest BCUT2D eigenvalue weighted by Crippen LogP contribution is -2.15. The second kappa shape index (κ2) is 11.9. The normalized spacial score (nSPS) is 10.4. The van der Waals surface area contributed by atoms with E-state index in [0.29, 0.717) is 40.2 Å². The van der Waals surface area contributed by atoms with Crippen molar-refractivity contribution >= 4 is 39.7 Å². The van der Waals surface area contributed by atoms with Crippen LogP contribution in [0.4, 0.5) is 16.5 Å². The van der Waals surface area contributed by atoms with Crippen LogP contribution < -0.4 is 20.1 Å². The summed E-state index contributed by atoms with van der Waals surface area (Å²) in [6, 6.07) is 12.1. The van der Waals surface area contributed by atoms with E-state index in [1.807, 2.05) is 24.4 Å². The van der Waals surface area contributed by atoms with Gasteiger partial charge >= 0.3 is 5.97 Å². The van der Waals surface area contributed by atoms with Crippen LogP contribution in [0.1, 0.15) is 35.8 Å². The molecular weight excluding hydrogens is 442 g/mol. The number of nitrogens with one attached hydrogen (secondary N) is 2. The minimum atomic E-state index is -0.364.